The van der Waals surface area contributed by atoms with E-state index in [4.69, 9.17) is 9.72 Å². The number of carbonyl (C=O) groups excluding carboxylic acids is 1. The summed E-state index contributed by atoms with van der Waals surface area (Å²) in [7, 11) is 0. The lowest BCUT2D eigenvalue weighted by Gasteiger charge is -2.36. The van der Waals surface area contributed by atoms with Crippen molar-refractivity contribution in [2.75, 3.05) is 13.1 Å². The van der Waals surface area contributed by atoms with Gasteiger partial charge in [-0.2, -0.15) is 0 Å². The van der Waals surface area contributed by atoms with Crippen molar-refractivity contribution in [1.29, 1.82) is 0 Å². The van der Waals surface area contributed by atoms with Crippen LogP contribution in [0.4, 0.5) is 4.79 Å². The number of fused-ring (bicyclic) bond motifs is 1. The average molecular weight is 315 g/mol. The minimum Gasteiger partial charge on any atom is -0.444 e. The third-order valence-electron chi connectivity index (χ3n) is 4.11. The van der Waals surface area contributed by atoms with Crippen molar-refractivity contribution in [3.63, 3.8) is 0 Å². The third kappa shape index (κ3) is 3.66. The summed E-state index contributed by atoms with van der Waals surface area (Å²) in [5.74, 6) is 1.61. The van der Waals surface area contributed by atoms with Crippen LogP contribution in [-0.4, -0.2) is 39.7 Å². The highest BCUT2D eigenvalue weighted by molar-refractivity contribution is 5.75. The topological polar surface area (TPSA) is 58.2 Å². The maximum absolute atomic E-state index is 12.4. The minimum atomic E-state index is -0.466. The largest absolute Gasteiger partial charge is 0.444 e. The number of hydrogen-bond donors (Lipinski definition) is 1. The van der Waals surface area contributed by atoms with Gasteiger partial charge in [0.25, 0.3) is 0 Å². The van der Waals surface area contributed by atoms with Crippen LogP contribution in [0.25, 0.3) is 11.0 Å². The molecule has 1 aliphatic rings. The molecule has 1 amide bonds. The van der Waals surface area contributed by atoms with E-state index in [1.165, 1.54) is 0 Å². The quantitative estimate of drug-likeness (QED) is 0.867. The summed E-state index contributed by atoms with van der Waals surface area (Å²) >= 11 is 0. The number of amides is 1. The predicted molar refractivity (Wildman–Crippen MR) is 90.4 cm³/mol. The van der Waals surface area contributed by atoms with Crippen LogP contribution in [0.15, 0.2) is 24.3 Å². The Morgan fingerprint density at radius 2 is 2.04 bits per heavy atom. The first-order chi connectivity index (χ1) is 10.8. The molecule has 124 valence electrons. The molecule has 23 heavy (non-hydrogen) atoms. The van der Waals surface area contributed by atoms with Gasteiger partial charge in [0, 0.05) is 19.0 Å². The first-order valence-electron chi connectivity index (χ1n) is 8.24. The Kier molecular flexibility index (Phi) is 4.04. The van der Waals surface area contributed by atoms with E-state index in [0.717, 1.165) is 29.8 Å². The van der Waals surface area contributed by atoms with Crippen LogP contribution < -0.4 is 0 Å². The second-order valence-electron chi connectivity index (χ2n) is 7.56. The highest BCUT2D eigenvalue weighted by Gasteiger charge is 2.32. The van der Waals surface area contributed by atoms with E-state index in [2.05, 4.69) is 11.9 Å². The lowest BCUT2D eigenvalue weighted by Crippen LogP contribution is -2.45. The molecule has 0 saturated carbocycles. The smallest absolute Gasteiger partial charge is 0.410 e. The molecule has 1 aliphatic heterocycles. The Hall–Kier alpha value is -2.04. The molecule has 0 bridgehead atoms. The molecule has 2 unspecified atom stereocenters. The fourth-order valence-corrected chi connectivity index (χ4v) is 3.19. The number of nitrogens with zero attached hydrogens (tertiary/aromatic N) is 2. The second-order valence-corrected chi connectivity index (χ2v) is 7.56. The number of aromatic amines is 1. The van der Waals surface area contributed by atoms with Crippen LogP contribution in [0.1, 0.15) is 45.9 Å². The number of imidazole rings is 1. The van der Waals surface area contributed by atoms with E-state index in [-0.39, 0.29) is 12.0 Å². The Balaban J connectivity index is 1.78. The highest BCUT2D eigenvalue weighted by Crippen LogP contribution is 2.30. The predicted octanol–water partition coefficient (Wildman–Crippen LogP) is 3.92. The van der Waals surface area contributed by atoms with Gasteiger partial charge < -0.3 is 14.6 Å². The zero-order valence-electron chi connectivity index (χ0n) is 14.3. The number of hydrogen-bond acceptors (Lipinski definition) is 3. The Bertz CT molecular complexity index is 669. The Morgan fingerprint density at radius 3 is 2.74 bits per heavy atom. The molecule has 0 aliphatic carbocycles. The van der Waals surface area contributed by atoms with Crippen LogP contribution in [0, 0.1) is 5.92 Å². The summed E-state index contributed by atoms with van der Waals surface area (Å²) in [5, 5.41) is 0. The number of carbonyl (C=O) groups is 1. The zero-order valence-corrected chi connectivity index (χ0v) is 14.3. The molecule has 5 heteroatoms. The monoisotopic (exact) mass is 315 g/mol. The summed E-state index contributed by atoms with van der Waals surface area (Å²) < 4.78 is 5.53. The number of aromatic nitrogens is 2. The molecule has 1 fully saturated rings. The number of piperidine rings is 1. The van der Waals surface area contributed by atoms with Crippen LogP contribution >= 0.6 is 0 Å². The van der Waals surface area contributed by atoms with Crippen molar-refractivity contribution >= 4 is 17.1 Å². The van der Waals surface area contributed by atoms with Gasteiger partial charge in [-0.1, -0.05) is 19.1 Å². The maximum Gasteiger partial charge on any atom is 0.410 e. The van der Waals surface area contributed by atoms with Gasteiger partial charge in [0.15, 0.2) is 0 Å². The molecule has 1 aromatic carbocycles. The number of ether oxygens (including phenoxy) is 1. The minimum absolute atomic E-state index is 0.221. The summed E-state index contributed by atoms with van der Waals surface area (Å²) in [6.07, 6.45) is 0.796. The van der Waals surface area contributed by atoms with Gasteiger partial charge in [-0.3, -0.25) is 0 Å². The molecule has 1 saturated heterocycles. The van der Waals surface area contributed by atoms with Crippen molar-refractivity contribution in [2.45, 2.75) is 45.6 Å². The van der Waals surface area contributed by atoms with Crippen molar-refractivity contribution in [3.8, 4) is 0 Å². The van der Waals surface area contributed by atoms with Crippen molar-refractivity contribution < 1.29 is 9.53 Å². The molecular formula is C18H25N3O2. The number of nitrogens with one attached hydrogen (secondary N) is 1. The molecule has 3 rings (SSSR count). The van der Waals surface area contributed by atoms with Crippen LogP contribution in [0.3, 0.4) is 0 Å². The van der Waals surface area contributed by atoms with Gasteiger partial charge in [-0.25, -0.2) is 9.78 Å². The van der Waals surface area contributed by atoms with E-state index >= 15 is 0 Å². The Labute approximate surface area is 137 Å². The fraction of sp³-hybridized carbons (Fsp3) is 0.556. The zero-order chi connectivity index (χ0) is 16.6. The first kappa shape index (κ1) is 15.8. The standard InChI is InChI=1S/C18H25N3O2/c1-12-9-13(11-21(10-12)17(22)23-18(2,3)4)16-19-14-7-5-6-8-15(14)20-16/h5-8,12-13H,9-11H2,1-4H3,(H,19,20). The molecule has 0 spiro atoms. The molecular weight excluding hydrogens is 290 g/mol. The summed E-state index contributed by atoms with van der Waals surface area (Å²) in [4.78, 5) is 22.3. The molecule has 2 aromatic rings. The van der Waals surface area contributed by atoms with Crippen LogP contribution in [0.2, 0.25) is 0 Å². The summed E-state index contributed by atoms with van der Waals surface area (Å²) in [5.41, 5.74) is 1.56. The van der Waals surface area contributed by atoms with Gasteiger partial charge in [0.2, 0.25) is 0 Å². The highest BCUT2D eigenvalue weighted by atomic mass is 16.6. The van der Waals surface area contributed by atoms with Gasteiger partial charge in [0.05, 0.1) is 11.0 Å². The van der Waals surface area contributed by atoms with Gasteiger partial charge in [-0.05, 0) is 45.2 Å². The van der Waals surface area contributed by atoms with Crippen molar-refractivity contribution in [3.05, 3.63) is 30.1 Å². The van der Waals surface area contributed by atoms with E-state index < -0.39 is 5.60 Å². The van der Waals surface area contributed by atoms with Crippen molar-refractivity contribution in [2.24, 2.45) is 5.92 Å². The number of para-hydroxylation sites is 2. The van der Waals surface area contributed by atoms with Gasteiger partial charge in [-0.15, -0.1) is 0 Å². The van der Waals surface area contributed by atoms with E-state index in [1.54, 1.807) is 0 Å². The number of H-pyrrole nitrogens is 1. The second kappa shape index (κ2) is 5.87. The summed E-state index contributed by atoms with van der Waals surface area (Å²) in [6.45, 7) is 9.26. The SMILES string of the molecule is CC1CC(c2nc3ccccc3[nH]2)CN(C(=O)OC(C)(C)C)C1. The van der Waals surface area contributed by atoms with Gasteiger partial charge in [0.1, 0.15) is 11.4 Å². The third-order valence-corrected chi connectivity index (χ3v) is 4.11. The molecule has 1 N–H and O–H groups in total. The summed E-state index contributed by atoms with van der Waals surface area (Å²) in [6, 6.07) is 8.03. The number of likely N-dealkylation sites (tertiary alicyclic amines) is 1. The fourth-order valence-electron chi connectivity index (χ4n) is 3.19. The van der Waals surface area contributed by atoms with Crippen LogP contribution in [0.5, 0.6) is 0 Å². The number of benzene rings is 1. The van der Waals surface area contributed by atoms with E-state index in [0.29, 0.717) is 12.5 Å². The van der Waals surface area contributed by atoms with Crippen molar-refractivity contribution in [1.82, 2.24) is 14.9 Å². The van der Waals surface area contributed by atoms with E-state index in [9.17, 15) is 4.79 Å². The first-order valence-corrected chi connectivity index (χ1v) is 8.24. The van der Waals surface area contributed by atoms with E-state index in [1.807, 2.05) is 49.9 Å². The lowest BCUT2D eigenvalue weighted by atomic mass is 9.90. The molecule has 2 heterocycles. The van der Waals surface area contributed by atoms with Crippen LogP contribution in [-0.2, 0) is 4.74 Å². The molecule has 1 aromatic heterocycles. The normalized spacial score (nSPS) is 22.3. The molecule has 0 radical (unpaired) electrons. The molecule has 2 atom stereocenters. The maximum atomic E-state index is 12.4. The van der Waals surface area contributed by atoms with Gasteiger partial charge >= 0.3 is 6.09 Å². The average Bonchev–Trinajstić information content (AvgIpc) is 2.88. The lowest BCUT2D eigenvalue weighted by molar-refractivity contribution is 0.0149. The molecule has 5 nitrogen and oxygen atoms in total. The number of rotatable bonds is 1. The Morgan fingerprint density at radius 1 is 1.30 bits per heavy atom.